The van der Waals surface area contributed by atoms with Gasteiger partial charge in [-0.15, -0.1) is 0 Å². The van der Waals surface area contributed by atoms with E-state index in [1.165, 1.54) is 0 Å². The lowest BCUT2D eigenvalue weighted by Crippen LogP contribution is -2.40. The molecular weight excluding hydrogens is 396 g/mol. The fraction of sp³-hybridized carbons (Fsp3) is 0.455. The van der Waals surface area contributed by atoms with Gasteiger partial charge in [0.1, 0.15) is 11.9 Å². The summed E-state index contributed by atoms with van der Waals surface area (Å²) in [6, 6.07) is 6.06. The molecule has 0 aromatic carbocycles. The summed E-state index contributed by atoms with van der Waals surface area (Å²) >= 11 is 0. The summed E-state index contributed by atoms with van der Waals surface area (Å²) in [5.41, 5.74) is 0.883. The smallest absolute Gasteiger partial charge is 0.287 e. The van der Waals surface area contributed by atoms with Crippen LogP contribution in [-0.4, -0.2) is 64.3 Å². The number of ether oxygens (including phenoxy) is 2. The fourth-order valence-electron chi connectivity index (χ4n) is 4.20. The molecule has 9 heteroatoms. The first kappa shape index (κ1) is 19.7. The topological polar surface area (TPSA) is 105 Å². The van der Waals surface area contributed by atoms with Crippen LogP contribution >= 0.6 is 0 Å². The number of carbonyl (C=O) groups is 1. The Morgan fingerprint density at radius 2 is 2.00 bits per heavy atom. The summed E-state index contributed by atoms with van der Waals surface area (Å²) < 4.78 is 11.9. The molecule has 1 amide bonds. The number of nitrogens with zero attached hydrogens (tertiary/aromatic N) is 4. The van der Waals surface area contributed by atoms with E-state index in [2.05, 4.69) is 25.2 Å². The van der Waals surface area contributed by atoms with Gasteiger partial charge in [0.05, 0.1) is 24.1 Å². The van der Waals surface area contributed by atoms with Crippen LogP contribution in [0.2, 0.25) is 0 Å². The van der Waals surface area contributed by atoms with Crippen LogP contribution in [0.1, 0.15) is 36.3 Å². The van der Waals surface area contributed by atoms with E-state index in [4.69, 9.17) is 14.5 Å². The van der Waals surface area contributed by atoms with Crippen molar-refractivity contribution in [3.05, 3.63) is 42.6 Å². The van der Waals surface area contributed by atoms with Crippen molar-refractivity contribution < 1.29 is 14.3 Å². The molecule has 3 aromatic rings. The summed E-state index contributed by atoms with van der Waals surface area (Å²) in [5.74, 6) is 1.70. The van der Waals surface area contributed by atoms with Crippen molar-refractivity contribution in [2.45, 2.75) is 37.8 Å². The third-order valence-corrected chi connectivity index (χ3v) is 5.89. The molecule has 4 heterocycles. The molecular formula is C22H26N6O3. The summed E-state index contributed by atoms with van der Waals surface area (Å²) in [5, 5.41) is 3.98. The SMILES string of the molecule is O=C(NC1CCC(Oc2nc(N3CCOCC3)cc3ncccc23)CC1)c1ncc[nH]1. The molecule has 2 N–H and O–H groups in total. The number of hydrogen-bond donors (Lipinski definition) is 2. The number of H-pyrrole nitrogens is 1. The van der Waals surface area contributed by atoms with Crippen LogP contribution in [0.4, 0.5) is 5.82 Å². The van der Waals surface area contributed by atoms with E-state index in [1.807, 2.05) is 18.2 Å². The Bertz CT molecular complexity index is 1030. The second kappa shape index (κ2) is 8.89. The first-order valence-corrected chi connectivity index (χ1v) is 10.8. The molecule has 2 aliphatic rings. The number of aromatic nitrogens is 4. The van der Waals surface area contributed by atoms with E-state index in [9.17, 15) is 4.79 Å². The van der Waals surface area contributed by atoms with Crippen LogP contribution in [0.15, 0.2) is 36.8 Å². The minimum absolute atomic E-state index is 0.0626. The van der Waals surface area contributed by atoms with Gasteiger partial charge >= 0.3 is 0 Å². The highest BCUT2D eigenvalue weighted by Crippen LogP contribution is 2.31. The number of carbonyl (C=O) groups excluding carboxylic acids is 1. The minimum Gasteiger partial charge on any atom is -0.474 e. The molecule has 0 radical (unpaired) electrons. The van der Waals surface area contributed by atoms with Crippen LogP contribution in [0, 0.1) is 0 Å². The Morgan fingerprint density at radius 1 is 1.16 bits per heavy atom. The molecule has 3 aromatic heterocycles. The van der Waals surface area contributed by atoms with Gasteiger partial charge in [-0.2, -0.15) is 4.98 Å². The standard InChI is InChI=1S/C22H26N6O3/c29-21(20-24-8-9-25-20)26-15-3-5-16(6-4-15)31-22-17-2-1-7-23-18(17)14-19(27-22)28-10-12-30-13-11-28/h1-2,7-9,14-16H,3-6,10-13H2,(H,24,25)(H,26,29). The molecule has 0 bridgehead atoms. The van der Waals surface area contributed by atoms with E-state index in [1.54, 1.807) is 18.6 Å². The first-order valence-electron chi connectivity index (χ1n) is 10.8. The second-order valence-electron chi connectivity index (χ2n) is 7.96. The highest BCUT2D eigenvalue weighted by atomic mass is 16.5. The molecule has 31 heavy (non-hydrogen) atoms. The first-order chi connectivity index (χ1) is 15.3. The summed E-state index contributed by atoms with van der Waals surface area (Å²) in [6.07, 6.45) is 8.51. The van der Waals surface area contributed by atoms with Gasteiger partial charge in [0.15, 0.2) is 5.82 Å². The molecule has 1 aliphatic heterocycles. The lowest BCUT2D eigenvalue weighted by atomic mass is 9.93. The van der Waals surface area contributed by atoms with Crippen LogP contribution in [0.5, 0.6) is 5.88 Å². The summed E-state index contributed by atoms with van der Waals surface area (Å²) in [4.78, 5) is 30.7. The molecule has 0 atom stereocenters. The van der Waals surface area contributed by atoms with E-state index in [-0.39, 0.29) is 18.1 Å². The number of amides is 1. The number of fused-ring (bicyclic) bond motifs is 1. The van der Waals surface area contributed by atoms with Gasteiger partial charge in [-0.3, -0.25) is 9.78 Å². The lowest BCUT2D eigenvalue weighted by molar-refractivity contribution is 0.0882. The normalized spacial score (nSPS) is 21.7. The maximum absolute atomic E-state index is 12.2. The second-order valence-corrected chi connectivity index (χ2v) is 7.96. The van der Waals surface area contributed by atoms with E-state index < -0.39 is 0 Å². The van der Waals surface area contributed by atoms with Crippen molar-refractivity contribution in [1.82, 2.24) is 25.3 Å². The van der Waals surface area contributed by atoms with Gasteiger partial charge in [-0.1, -0.05) is 0 Å². The highest BCUT2D eigenvalue weighted by Gasteiger charge is 2.26. The Morgan fingerprint density at radius 3 is 2.77 bits per heavy atom. The van der Waals surface area contributed by atoms with Gasteiger partial charge in [0.2, 0.25) is 5.88 Å². The van der Waals surface area contributed by atoms with Crippen molar-refractivity contribution in [3.8, 4) is 5.88 Å². The number of pyridine rings is 2. The number of rotatable bonds is 5. The van der Waals surface area contributed by atoms with Gasteiger partial charge in [0, 0.05) is 43.8 Å². The zero-order chi connectivity index (χ0) is 21.0. The number of imidazole rings is 1. The van der Waals surface area contributed by atoms with Gasteiger partial charge in [0.25, 0.3) is 5.91 Å². The number of anilines is 1. The number of hydrogen-bond acceptors (Lipinski definition) is 7. The van der Waals surface area contributed by atoms with Gasteiger partial charge in [-0.25, -0.2) is 4.98 Å². The van der Waals surface area contributed by atoms with Crippen LogP contribution in [-0.2, 0) is 4.74 Å². The zero-order valence-corrected chi connectivity index (χ0v) is 17.3. The molecule has 0 unspecified atom stereocenters. The van der Waals surface area contributed by atoms with Crippen molar-refractivity contribution in [3.63, 3.8) is 0 Å². The highest BCUT2D eigenvalue weighted by molar-refractivity contribution is 5.90. The maximum Gasteiger partial charge on any atom is 0.287 e. The predicted molar refractivity (Wildman–Crippen MR) is 115 cm³/mol. The number of morpholine rings is 1. The Hall–Kier alpha value is -3.20. The average Bonchev–Trinajstić information content (AvgIpc) is 3.36. The number of nitrogens with one attached hydrogen (secondary N) is 2. The Labute approximate surface area is 180 Å². The van der Waals surface area contributed by atoms with E-state index in [0.29, 0.717) is 24.9 Å². The zero-order valence-electron chi connectivity index (χ0n) is 17.3. The van der Waals surface area contributed by atoms with Crippen molar-refractivity contribution >= 4 is 22.6 Å². The van der Waals surface area contributed by atoms with Gasteiger partial charge in [-0.05, 0) is 37.8 Å². The van der Waals surface area contributed by atoms with E-state index in [0.717, 1.165) is 55.5 Å². The number of aromatic amines is 1. The monoisotopic (exact) mass is 422 g/mol. The maximum atomic E-state index is 12.2. The Balaban J connectivity index is 1.26. The molecule has 1 saturated heterocycles. The lowest BCUT2D eigenvalue weighted by Gasteiger charge is -2.30. The predicted octanol–water partition coefficient (Wildman–Crippen LogP) is 2.31. The molecule has 0 spiro atoms. The van der Waals surface area contributed by atoms with Crippen LogP contribution in [0.25, 0.3) is 10.9 Å². The molecule has 9 nitrogen and oxygen atoms in total. The van der Waals surface area contributed by atoms with Crippen LogP contribution in [0.3, 0.4) is 0 Å². The van der Waals surface area contributed by atoms with Gasteiger partial charge < -0.3 is 24.7 Å². The van der Waals surface area contributed by atoms with Crippen LogP contribution < -0.4 is 15.0 Å². The quantitative estimate of drug-likeness (QED) is 0.650. The fourth-order valence-corrected chi connectivity index (χ4v) is 4.20. The van der Waals surface area contributed by atoms with Crippen molar-refractivity contribution in [2.75, 3.05) is 31.2 Å². The molecule has 2 fully saturated rings. The van der Waals surface area contributed by atoms with Crippen molar-refractivity contribution in [2.24, 2.45) is 0 Å². The third kappa shape index (κ3) is 4.46. The molecule has 162 valence electrons. The van der Waals surface area contributed by atoms with Crippen molar-refractivity contribution in [1.29, 1.82) is 0 Å². The molecule has 1 saturated carbocycles. The molecule has 1 aliphatic carbocycles. The largest absolute Gasteiger partial charge is 0.474 e. The Kier molecular flexibility index (Phi) is 5.66. The summed E-state index contributed by atoms with van der Waals surface area (Å²) in [6.45, 7) is 3.02. The minimum atomic E-state index is -0.161. The van der Waals surface area contributed by atoms with E-state index >= 15 is 0 Å². The summed E-state index contributed by atoms with van der Waals surface area (Å²) in [7, 11) is 0. The average molecular weight is 422 g/mol. The molecule has 5 rings (SSSR count). The third-order valence-electron chi connectivity index (χ3n) is 5.89.